The molecule has 2 rings (SSSR count). The predicted molar refractivity (Wildman–Crippen MR) is 75.9 cm³/mol. The van der Waals surface area contributed by atoms with Crippen molar-refractivity contribution in [2.24, 2.45) is 5.92 Å². The van der Waals surface area contributed by atoms with E-state index in [4.69, 9.17) is 4.74 Å². The van der Waals surface area contributed by atoms with Crippen LogP contribution in [-0.2, 0) is 4.74 Å². The molecule has 3 heteroatoms. The van der Waals surface area contributed by atoms with Crippen LogP contribution in [0.3, 0.4) is 0 Å². The van der Waals surface area contributed by atoms with Gasteiger partial charge in [0.25, 0.3) is 0 Å². The number of hydrogen-bond acceptors (Lipinski definition) is 3. The summed E-state index contributed by atoms with van der Waals surface area (Å²) in [6, 6.07) is 1.49. The van der Waals surface area contributed by atoms with Gasteiger partial charge in [0.15, 0.2) is 0 Å². The van der Waals surface area contributed by atoms with Crippen LogP contribution in [0.15, 0.2) is 0 Å². The zero-order chi connectivity index (χ0) is 13.0. The molecular formula is C15H30N2O. The number of ether oxygens (including phenoxy) is 1. The molecule has 0 amide bonds. The van der Waals surface area contributed by atoms with Gasteiger partial charge in [0, 0.05) is 25.7 Å². The highest BCUT2D eigenvalue weighted by Gasteiger charge is 2.30. The van der Waals surface area contributed by atoms with Crippen molar-refractivity contribution in [2.75, 3.05) is 26.7 Å². The van der Waals surface area contributed by atoms with E-state index in [0.717, 1.165) is 18.0 Å². The third kappa shape index (κ3) is 3.69. The molecule has 4 unspecified atom stereocenters. The van der Waals surface area contributed by atoms with Crippen LogP contribution in [0, 0.1) is 5.92 Å². The smallest absolute Gasteiger partial charge is 0.0586 e. The minimum absolute atomic E-state index is 0.510. The van der Waals surface area contributed by atoms with Crippen LogP contribution in [0.4, 0.5) is 0 Å². The molecular weight excluding hydrogens is 224 g/mol. The SMILES string of the molecule is CCC1CCN(C2CCC(OC)C2)CC(C)CN1. The fraction of sp³-hybridized carbons (Fsp3) is 1.00. The quantitative estimate of drug-likeness (QED) is 0.836. The van der Waals surface area contributed by atoms with Crippen LogP contribution < -0.4 is 5.32 Å². The highest BCUT2D eigenvalue weighted by molar-refractivity contribution is 4.86. The molecule has 18 heavy (non-hydrogen) atoms. The number of hydrogen-bond donors (Lipinski definition) is 1. The molecule has 0 aromatic heterocycles. The van der Waals surface area contributed by atoms with E-state index in [1.54, 1.807) is 0 Å². The molecule has 2 aliphatic rings. The molecule has 0 spiro atoms. The third-order valence-corrected chi connectivity index (χ3v) is 4.77. The maximum absolute atomic E-state index is 5.52. The van der Waals surface area contributed by atoms with Crippen LogP contribution in [0.1, 0.15) is 46.0 Å². The van der Waals surface area contributed by atoms with Crippen molar-refractivity contribution in [2.45, 2.75) is 64.1 Å². The summed E-state index contributed by atoms with van der Waals surface area (Å²) in [6.45, 7) is 8.36. The van der Waals surface area contributed by atoms with Crippen molar-refractivity contribution < 1.29 is 4.74 Å². The molecule has 1 heterocycles. The van der Waals surface area contributed by atoms with Crippen LogP contribution in [0.5, 0.6) is 0 Å². The summed E-state index contributed by atoms with van der Waals surface area (Å²) >= 11 is 0. The van der Waals surface area contributed by atoms with Crippen LogP contribution in [-0.4, -0.2) is 49.8 Å². The van der Waals surface area contributed by atoms with Gasteiger partial charge in [-0.15, -0.1) is 0 Å². The molecule has 106 valence electrons. The maximum Gasteiger partial charge on any atom is 0.0586 e. The van der Waals surface area contributed by atoms with Crippen molar-refractivity contribution in [1.82, 2.24) is 10.2 Å². The number of rotatable bonds is 3. The molecule has 3 nitrogen and oxygen atoms in total. The van der Waals surface area contributed by atoms with Crippen molar-refractivity contribution in [3.8, 4) is 0 Å². The fourth-order valence-electron chi connectivity index (χ4n) is 3.49. The normalized spacial score (nSPS) is 39.5. The van der Waals surface area contributed by atoms with E-state index in [2.05, 4.69) is 24.1 Å². The molecule has 1 N–H and O–H groups in total. The minimum atomic E-state index is 0.510. The van der Waals surface area contributed by atoms with Gasteiger partial charge < -0.3 is 10.1 Å². The van der Waals surface area contributed by atoms with Gasteiger partial charge in [-0.2, -0.15) is 0 Å². The lowest BCUT2D eigenvalue weighted by Crippen LogP contribution is -2.46. The van der Waals surface area contributed by atoms with Gasteiger partial charge >= 0.3 is 0 Å². The lowest BCUT2D eigenvalue weighted by atomic mass is 10.0. The van der Waals surface area contributed by atoms with E-state index >= 15 is 0 Å². The Labute approximate surface area is 112 Å². The third-order valence-electron chi connectivity index (χ3n) is 4.77. The van der Waals surface area contributed by atoms with Gasteiger partial charge in [-0.25, -0.2) is 0 Å². The number of nitrogens with zero attached hydrogens (tertiary/aromatic N) is 1. The zero-order valence-electron chi connectivity index (χ0n) is 12.3. The van der Waals surface area contributed by atoms with E-state index < -0.39 is 0 Å². The maximum atomic E-state index is 5.52. The molecule has 4 atom stereocenters. The van der Waals surface area contributed by atoms with E-state index in [0.29, 0.717) is 6.10 Å². The molecule has 0 radical (unpaired) electrons. The molecule has 0 aromatic rings. The highest BCUT2D eigenvalue weighted by Crippen LogP contribution is 2.27. The average Bonchev–Trinajstić information content (AvgIpc) is 2.83. The lowest BCUT2D eigenvalue weighted by molar-refractivity contribution is 0.0899. The Hall–Kier alpha value is -0.120. The van der Waals surface area contributed by atoms with Gasteiger partial charge in [0.05, 0.1) is 6.10 Å². The average molecular weight is 254 g/mol. The van der Waals surface area contributed by atoms with Gasteiger partial charge in [-0.3, -0.25) is 4.90 Å². The van der Waals surface area contributed by atoms with E-state index in [9.17, 15) is 0 Å². The van der Waals surface area contributed by atoms with Crippen molar-refractivity contribution in [3.63, 3.8) is 0 Å². The minimum Gasteiger partial charge on any atom is -0.381 e. The number of nitrogens with one attached hydrogen (secondary N) is 1. The summed E-state index contributed by atoms with van der Waals surface area (Å²) in [5.74, 6) is 0.765. The fourth-order valence-corrected chi connectivity index (χ4v) is 3.49. The second-order valence-electron chi connectivity index (χ2n) is 6.23. The van der Waals surface area contributed by atoms with E-state index in [1.807, 2.05) is 7.11 Å². The van der Waals surface area contributed by atoms with Crippen LogP contribution >= 0.6 is 0 Å². The number of methoxy groups -OCH3 is 1. The topological polar surface area (TPSA) is 24.5 Å². The van der Waals surface area contributed by atoms with Crippen molar-refractivity contribution >= 4 is 0 Å². The molecule has 1 saturated carbocycles. The second kappa shape index (κ2) is 6.88. The summed E-state index contributed by atoms with van der Waals surface area (Å²) in [5.41, 5.74) is 0. The molecule has 1 saturated heterocycles. The summed E-state index contributed by atoms with van der Waals surface area (Å²) in [4.78, 5) is 2.74. The molecule has 2 fully saturated rings. The monoisotopic (exact) mass is 254 g/mol. The molecule has 0 bridgehead atoms. The van der Waals surface area contributed by atoms with Gasteiger partial charge in [-0.1, -0.05) is 13.8 Å². The Morgan fingerprint density at radius 3 is 2.78 bits per heavy atom. The molecule has 1 aliphatic heterocycles. The zero-order valence-corrected chi connectivity index (χ0v) is 12.3. The van der Waals surface area contributed by atoms with E-state index in [-0.39, 0.29) is 0 Å². The Morgan fingerprint density at radius 1 is 1.28 bits per heavy atom. The Bertz CT molecular complexity index is 247. The predicted octanol–water partition coefficient (Wildman–Crippen LogP) is 2.26. The standard InChI is InChI=1S/C15H30N2O/c1-4-13-7-8-17(11-12(2)10-16-13)14-5-6-15(9-14)18-3/h12-16H,4-11H2,1-3H3. The first-order valence-electron chi connectivity index (χ1n) is 7.73. The molecule has 0 aromatic carbocycles. The summed E-state index contributed by atoms with van der Waals surface area (Å²) < 4.78 is 5.52. The highest BCUT2D eigenvalue weighted by atomic mass is 16.5. The Morgan fingerprint density at radius 2 is 2.11 bits per heavy atom. The molecule has 1 aliphatic carbocycles. The first-order chi connectivity index (χ1) is 8.72. The lowest BCUT2D eigenvalue weighted by Gasteiger charge is -2.35. The summed E-state index contributed by atoms with van der Waals surface area (Å²) in [5, 5.41) is 3.70. The van der Waals surface area contributed by atoms with Crippen LogP contribution in [0.2, 0.25) is 0 Å². The first-order valence-corrected chi connectivity index (χ1v) is 7.73. The largest absolute Gasteiger partial charge is 0.381 e. The van der Waals surface area contributed by atoms with E-state index in [1.165, 1.54) is 51.7 Å². The van der Waals surface area contributed by atoms with Gasteiger partial charge in [0.2, 0.25) is 0 Å². The second-order valence-corrected chi connectivity index (χ2v) is 6.23. The summed E-state index contributed by atoms with van der Waals surface area (Å²) in [6.07, 6.45) is 6.89. The Kier molecular flexibility index (Phi) is 5.46. The van der Waals surface area contributed by atoms with Crippen LogP contribution in [0.25, 0.3) is 0 Å². The van der Waals surface area contributed by atoms with Gasteiger partial charge in [0.1, 0.15) is 0 Å². The Balaban J connectivity index is 1.89. The first kappa shape index (κ1) is 14.3. The van der Waals surface area contributed by atoms with Gasteiger partial charge in [-0.05, 0) is 51.1 Å². The summed E-state index contributed by atoms with van der Waals surface area (Å²) in [7, 11) is 1.86. The van der Waals surface area contributed by atoms with Crippen molar-refractivity contribution in [3.05, 3.63) is 0 Å². The van der Waals surface area contributed by atoms with Crippen molar-refractivity contribution in [1.29, 1.82) is 0 Å².